The van der Waals surface area contributed by atoms with Gasteiger partial charge in [-0.25, -0.2) is 0 Å². The summed E-state index contributed by atoms with van der Waals surface area (Å²) in [5.74, 6) is -1.41. The Bertz CT molecular complexity index is 767. The zero-order valence-corrected chi connectivity index (χ0v) is 11.6. The van der Waals surface area contributed by atoms with E-state index in [2.05, 4.69) is 0 Å². The van der Waals surface area contributed by atoms with Gasteiger partial charge in [0, 0.05) is 12.1 Å². The van der Waals surface area contributed by atoms with Crippen LogP contribution < -0.4 is 4.74 Å². The smallest absolute Gasteiger partial charge is 0.202 e. The highest BCUT2D eigenvalue weighted by Gasteiger charge is 2.39. The lowest BCUT2D eigenvalue weighted by molar-refractivity contribution is 0.0210. The van der Waals surface area contributed by atoms with Crippen LogP contribution in [0.2, 0.25) is 0 Å². The number of aryl methyl sites for hydroxylation is 1. The fraction of sp³-hybridized carbons (Fsp3) is 0.188. The molecule has 22 heavy (non-hydrogen) atoms. The molecule has 0 fully saturated rings. The molecule has 1 aliphatic rings. The average Bonchev–Trinajstić information content (AvgIpc) is 2.45. The number of ether oxygens (including phenoxy) is 1. The number of carbonyl (C=O) groups is 1. The van der Waals surface area contributed by atoms with E-state index in [-0.39, 0.29) is 22.8 Å². The van der Waals surface area contributed by atoms with E-state index >= 15 is 0 Å². The molecule has 1 heterocycles. The maximum Gasteiger partial charge on any atom is 0.202 e. The summed E-state index contributed by atoms with van der Waals surface area (Å²) in [6.07, 6.45) is -2.56. The number of carbonyl (C=O) groups excluding carboxylic acids is 1. The Balaban J connectivity index is 2.08. The Morgan fingerprint density at radius 3 is 2.45 bits per heavy atom. The van der Waals surface area contributed by atoms with Gasteiger partial charge in [-0.05, 0) is 24.1 Å². The number of fused-ring (bicyclic) bond motifs is 1. The van der Waals surface area contributed by atoms with Crippen molar-refractivity contribution in [2.24, 2.45) is 0 Å². The zero-order valence-electron chi connectivity index (χ0n) is 11.6. The summed E-state index contributed by atoms with van der Waals surface area (Å²) in [5.41, 5.74) is 0.895. The number of phenols is 3. The SMILES string of the molecule is Cc1ccc([C@H]2Oc3cc(O)cc(O)c3C(=O)[C@@H]2O)cc1O. The van der Waals surface area contributed by atoms with Gasteiger partial charge in [0.25, 0.3) is 0 Å². The van der Waals surface area contributed by atoms with Gasteiger partial charge in [-0.15, -0.1) is 0 Å². The molecule has 4 N–H and O–H groups in total. The van der Waals surface area contributed by atoms with Crippen LogP contribution in [0.3, 0.4) is 0 Å². The third-order valence-electron chi connectivity index (χ3n) is 3.68. The molecule has 0 aromatic heterocycles. The first-order chi connectivity index (χ1) is 10.4. The summed E-state index contributed by atoms with van der Waals surface area (Å²) in [6.45, 7) is 1.72. The molecule has 6 heteroatoms. The number of aliphatic hydroxyl groups is 1. The van der Waals surface area contributed by atoms with E-state index in [1.54, 1.807) is 19.1 Å². The fourth-order valence-corrected chi connectivity index (χ4v) is 2.47. The van der Waals surface area contributed by atoms with Crippen LogP contribution in [0.25, 0.3) is 0 Å². The lowest BCUT2D eigenvalue weighted by Crippen LogP contribution is -2.36. The number of rotatable bonds is 1. The zero-order chi connectivity index (χ0) is 16.0. The van der Waals surface area contributed by atoms with Crippen molar-refractivity contribution in [1.29, 1.82) is 0 Å². The molecule has 0 amide bonds. The van der Waals surface area contributed by atoms with Crippen molar-refractivity contribution in [2.75, 3.05) is 0 Å². The normalized spacial score (nSPS) is 20.4. The number of ketones is 1. The number of aliphatic hydroxyl groups excluding tert-OH is 1. The van der Waals surface area contributed by atoms with Crippen LogP contribution in [-0.4, -0.2) is 32.3 Å². The minimum Gasteiger partial charge on any atom is -0.508 e. The quantitative estimate of drug-likeness (QED) is 0.640. The van der Waals surface area contributed by atoms with Gasteiger partial charge in [-0.3, -0.25) is 4.79 Å². The second-order valence-corrected chi connectivity index (χ2v) is 5.23. The molecule has 2 aromatic rings. The molecular weight excluding hydrogens is 288 g/mol. The van der Waals surface area contributed by atoms with Crippen LogP contribution >= 0.6 is 0 Å². The Hall–Kier alpha value is -2.73. The molecule has 1 aliphatic heterocycles. The van der Waals surface area contributed by atoms with Gasteiger partial charge in [0.05, 0.1) is 0 Å². The van der Waals surface area contributed by atoms with E-state index in [1.165, 1.54) is 12.1 Å². The highest BCUT2D eigenvalue weighted by atomic mass is 16.5. The molecule has 0 bridgehead atoms. The van der Waals surface area contributed by atoms with Gasteiger partial charge in [0.2, 0.25) is 5.78 Å². The van der Waals surface area contributed by atoms with Crippen molar-refractivity contribution in [2.45, 2.75) is 19.1 Å². The van der Waals surface area contributed by atoms with Gasteiger partial charge in [-0.1, -0.05) is 12.1 Å². The van der Waals surface area contributed by atoms with E-state index in [9.17, 15) is 25.2 Å². The van der Waals surface area contributed by atoms with E-state index in [0.717, 1.165) is 6.07 Å². The summed E-state index contributed by atoms with van der Waals surface area (Å²) < 4.78 is 5.56. The van der Waals surface area contributed by atoms with Crippen molar-refractivity contribution < 1.29 is 30.0 Å². The first kappa shape index (κ1) is 14.2. The Morgan fingerprint density at radius 2 is 1.77 bits per heavy atom. The maximum atomic E-state index is 12.3. The molecule has 0 saturated carbocycles. The topological polar surface area (TPSA) is 107 Å². The van der Waals surface area contributed by atoms with Crippen molar-refractivity contribution in [3.63, 3.8) is 0 Å². The molecular formula is C16H14O6. The molecule has 3 rings (SSSR count). The third kappa shape index (κ3) is 2.14. The molecule has 0 spiro atoms. The lowest BCUT2D eigenvalue weighted by atomic mass is 9.92. The first-order valence-electron chi connectivity index (χ1n) is 6.63. The Kier molecular flexibility index (Phi) is 3.18. The highest BCUT2D eigenvalue weighted by Crippen LogP contribution is 2.42. The Labute approximate surface area is 125 Å². The molecule has 0 saturated heterocycles. The van der Waals surface area contributed by atoms with Crippen molar-refractivity contribution in [3.8, 4) is 23.0 Å². The van der Waals surface area contributed by atoms with Crippen LogP contribution in [0.15, 0.2) is 30.3 Å². The molecule has 6 nitrogen and oxygen atoms in total. The lowest BCUT2D eigenvalue weighted by Gasteiger charge is -2.30. The van der Waals surface area contributed by atoms with Gasteiger partial charge in [0.1, 0.15) is 28.6 Å². The largest absolute Gasteiger partial charge is 0.508 e. The van der Waals surface area contributed by atoms with Gasteiger partial charge in [-0.2, -0.15) is 0 Å². The van der Waals surface area contributed by atoms with E-state index < -0.39 is 23.7 Å². The number of aromatic hydroxyl groups is 3. The summed E-state index contributed by atoms with van der Waals surface area (Å²) in [7, 11) is 0. The number of phenolic OH excluding ortho intramolecular Hbond substituents is 3. The molecule has 114 valence electrons. The highest BCUT2D eigenvalue weighted by molar-refractivity contribution is 6.05. The van der Waals surface area contributed by atoms with Crippen molar-refractivity contribution in [1.82, 2.24) is 0 Å². The fourth-order valence-electron chi connectivity index (χ4n) is 2.47. The van der Waals surface area contributed by atoms with Gasteiger partial charge in [0.15, 0.2) is 12.2 Å². The third-order valence-corrected chi connectivity index (χ3v) is 3.68. The number of Topliss-reactive ketones (excluding diaryl/α,β-unsaturated/α-hetero) is 1. The standard InChI is InChI=1S/C16H14O6/c1-7-2-3-8(4-10(7)18)16-15(21)14(20)13-11(19)5-9(17)6-12(13)22-16/h2-6,15-19,21H,1H3/t15-,16+/m0/s1. The molecule has 0 unspecified atom stereocenters. The average molecular weight is 302 g/mol. The molecule has 2 aromatic carbocycles. The van der Waals surface area contributed by atoms with Crippen LogP contribution in [-0.2, 0) is 0 Å². The predicted octanol–water partition coefficient (Wildman–Crippen LogP) is 1.79. The van der Waals surface area contributed by atoms with E-state index in [4.69, 9.17) is 4.74 Å². The van der Waals surface area contributed by atoms with Crippen molar-refractivity contribution >= 4 is 5.78 Å². The van der Waals surface area contributed by atoms with Crippen LogP contribution in [0, 0.1) is 6.92 Å². The summed E-state index contributed by atoms with van der Waals surface area (Å²) in [4.78, 5) is 12.3. The first-order valence-corrected chi connectivity index (χ1v) is 6.63. The summed E-state index contributed by atoms with van der Waals surface area (Å²) >= 11 is 0. The number of hydrogen-bond acceptors (Lipinski definition) is 6. The number of benzene rings is 2. The molecule has 2 atom stereocenters. The summed E-state index contributed by atoms with van der Waals surface area (Å²) in [6, 6.07) is 6.87. The van der Waals surface area contributed by atoms with E-state index in [0.29, 0.717) is 11.1 Å². The molecule has 0 radical (unpaired) electrons. The van der Waals surface area contributed by atoms with Gasteiger partial charge < -0.3 is 25.2 Å². The predicted molar refractivity (Wildman–Crippen MR) is 76.3 cm³/mol. The maximum absolute atomic E-state index is 12.3. The summed E-state index contributed by atoms with van der Waals surface area (Å²) in [5, 5.41) is 39.2. The van der Waals surface area contributed by atoms with E-state index in [1.807, 2.05) is 0 Å². The van der Waals surface area contributed by atoms with Crippen LogP contribution in [0.1, 0.15) is 27.6 Å². The monoisotopic (exact) mass is 302 g/mol. The second kappa shape index (κ2) is 4.92. The van der Waals surface area contributed by atoms with Crippen molar-refractivity contribution in [3.05, 3.63) is 47.0 Å². The minimum atomic E-state index is -1.52. The van der Waals surface area contributed by atoms with Crippen LogP contribution in [0.5, 0.6) is 23.0 Å². The molecule has 0 aliphatic carbocycles. The number of hydrogen-bond donors (Lipinski definition) is 4. The van der Waals surface area contributed by atoms with Gasteiger partial charge >= 0.3 is 0 Å². The Morgan fingerprint density at radius 1 is 1.05 bits per heavy atom. The van der Waals surface area contributed by atoms with Crippen LogP contribution in [0.4, 0.5) is 0 Å². The second-order valence-electron chi connectivity index (χ2n) is 5.23. The minimum absolute atomic E-state index is 0.0159.